The molecule has 5 saturated carbocycles. The average molecular weight is 499 g/mol. The lowest BCUT2D eigenvalue weighted by atomic mass is 9.39. The van der Waals surface area contributed by atoms with Gasteiger partial charge in [-0.3, -0.25) is 14.3 Å². The van der Waals surface area contributed by atoms with Crippen molar-refractivity contribution in [2.45, 2.75) is 86.8 Å². The number of carbonyl (C=O) groups excluding carboxylic acids is 1. The second-order valence-electron chi connectivity index (χ2n) is 9.97. The third-order valence-corrected chi connectivity index (χ3v) is 7.20. The van der Waals surface area contributed by atoms with E-state index in [1.807, 2.05) is 0 Å². The second-order valence-corrected chi connectivity index (χ2v) is 9.97. The number of amides is 1. The first-order valence-electron chi connectivity index (χ1n) is 11.0. The van der Waals surface area contributed by atoms with Crippen LogP contribution in [0, 0.1) is 5.92 Å². The molecule has 0 aromatic carbocycles. The van der Waals surface area contributed by atoms with E-state index in [4.69, 9.17) is 9.15 Å². The number of alkyl halides is 6. The van der Waals surface area contributed by atoms with E-state index in [0.29, 0.717) is 43.9 Å². The van der Waals surface area contributed by atoms with E-state index in [1.54, 1.807) is 0 Å². The van der Waals surface area contributed by atoms with Gasteiger partial charge in [0.05, 0.1) is 24.2 Å². The molecule has 0 spiro atoms. The fourth-order valence-electron chi connectivity index (χ4n) is 5.50. The topological polar surface area (TPSA) is 95.7 Å². The molecule has 0 radical (unpaired) electrons. The Hall–Kier alpha value is -1.93. The summed E-state index contributed by atoms with van der Waals surface area (Å²) in [4.78, 5) is 12.2. The first-order valence-corrected chi connectivity index (χ1v) is 11.0. The van der Waals surface area contributed by atoms with Crippen LogP contribution in [0.5, 0.6) is 0 Å². The van der Waals surface area contributed by atoms with Crippen molar-refractivity contribution in [3.8, 4) is 0 Å². The van der Waals surface area contributed by atoms with Crippen molar-refractivity contribution in [2.24, 2.45) is 5.92 Å². The largest absolute Gasteiger partial charge is 0.522 e. The van der Waals surface area contributed by atoms with Crippen LogP contribution in [-0.2, 0) is 24.4 Å². The number of carbonyl (C=O) groups is 1. The van der Waals surface area contributed by atoms with Crippen molar-refractivity contribution in [1.82, 2.24) is 15.5 Å². The molecule has 1 N–H and O–H groups in total. The molecular weight excluding hydrogens is 476 g/mol. The summed E-state index contributed by atoms with van der Waals surface area (Å²) in [6.45, 7) is -0.569. The summed E-state index contributed by atoms with van der Waals surface area (Å²) in [6, 6.07) is 0. The zero-order chi connectivity index (χ0) is 24.4. The normalized spacial score (nSPS) is 36.6. The minimum absolute atomic E-state index is 0.167. The molecule has 0 saturated heterocycles. The lowest BCUT2D eigenvalue weighted by Gasteiger charge is -2.68. The second kappa shape index (κ2) is 8.05. The molecule has 8 nitrogen and oxygen atoms in total. The number of rotatable bonds is 9. The van der Waals surface area contributed by atoms with Crippen molar-refractivity contribution >= 4 is 5.91 Å². The van der Waals surface area contributed by atoms with Crippen LogP contribution in [0.4, 0.5) is 26.3 Å². The fraction of sp³-hybridized carbons (Fsp3) is 0.850. The van der Waals surface area contributed by atoms with Crippen LogP contribution >= 0.6 is 0 Å². The first kappa shape index (κ1) is 23.8. The van der Waals surface area contributed by atoms with Crippen molar-refractivity contribution < 1.29 is 49.8 Å². The Morgan fingerprint density at radius 2 is 1.68 bits per heavy atom. The average Bonchev–Trinajstić information content (AvgIpc) is 3.05. The van der Waals surface area contributed by atoms with Crippen molar-refractivity contribution in [1.29, 1.82) is 0 Å². The molecule has 1 amide bonds. The third kappa shape index (κ3) is 4.89. The lowest BCUT2D eigenvalue weighted by molar-refractivity contribution is -0.352. The number of halogens is 6. The summed E-state index contributed by atoms with van der Waals surface area (Å²) >= 11 is 0. The van der Waals surface area contributed by atoms with Gasteiger partial charge in [-0.15, -0.1) is 36.5 Å². The van der Waals surface area contributed by atoms with E-state index in [-0.39, 0.29) is 54.2 Å². The molecule has 190 valence electrons. The Bertz CT molecular complexity index is 903. The van der Waals surface area contributed by atoms with Gasteiger partial charge in [0.15, 0.2) is 0 Å². The fourth-order valence-corrected chi connectivity index (χ4v) is 5.50. The molecule has 14 heteroatoms. The van der Waals surface area contributed by atoms with Crippen LogP contribution in [0.1, 0.15) is 62.6 Å². The Morgan fingerprint density at radius 3 is 2.29 bits per heavy atom. The minimum atomic E-state index is -4.66. The van der Waals surface area contributed by atoms with Crippen LogP contribution in [0.3, 0.4) is 0 Å². The molecule has 0 atom stereocenters. The maximum atomic E-state index is 12.2. The predicted molar refractivity (Wildman–Crippen MR) is 98.1 cm³/mol. The van der Waals surface area contributed by atoms with Crippen LogP contribution < -0.4 is 5.32 Å². The monoisotopic (exact) mass is 499 g/mol. The van der Waals surface area contributed by atoms with Crippen LogP contribution in [0.15, 0.2) is 4.42 Å². The van der Waals surface area contributed by atoms with Crippen molar-refractivity contribution in [3.63, 3.8) is 0 Å². The van der Waals surface area contributed by atoms with Gasteiger partial charge in [-0.2, -0.15) is 0 Å². The van der Waals surface area contributed by atoms with Crippen LogP contribution in [0.25, 0.3) is 0 Å². The molecule has 6 rings (SSSR count). The highest BCUT2D eigenvalue weighted by atomic mass is 19.4. The Kier molecular flexibility index (Phi) is 5.63. The zero-order valence-corrected chi connectivity index (χ0v) is 17.9. The molecule has 1 aromatic rings. The van der Waals surface area contributed by atoms with E-state index in [0.717, 1.165) is 0 Å². The van der Waals surface area contributed by atoms with E-state index in [1.165, 1.54) is 0 Å². The zero-order valence-electron chi connectivity index (χ0n) is 17.9. The Morgan fingerprint density at radius 1 is 1.00 bits per heavy atom. The number of nitrogens with zero attached hydrogens (tertiary/aromatic N) is 2. The Balaban J connectivity index is 0.992. The van der Waals surface area contributed by atoms with Gasteiger partial charge in [0.25, 0.3) is 0 Å². The highest BCUT2D eigenvalue weighted by Gasteiger charge is 2.72. The van der Waals surface area contributed by atoms with E-state index in [9.17, 15) is 31.1 Å². The predicted octanol–water partition coefficient (Wildman–Crippen LogP) is 3.47. The molecule has 34 heavy (non-hydrogen) atoms. The first-order chi connectivity index (χ1) is 15.8. The SMILES string of the molecule is O=C(COC1CC(COC(F)(F)F)C1)NC12CC(c3nnc([C@H]4C[C@@H](OC(F)(F)F)C4)o3)(C1)C2. The van der Waals surface area contributed by atoms with Gasteiger partial charge < -0.3 is 14.5 Å². The molecular formula is C20H23F6N3O5. The number of nitrogens with one attached hydrogen (secondary N) is 1. The quantitative estimate of drug-likeness (QED) is 0.520. The van der Waals surface area contributed by atoms with E-state index < -0.39 is 25.4 Å². The Labute approximate surface area is 189 Å². The van der Waals surface area contributed by atoms with E-state index >= 15 is 0 Å². The molecule has 0 unspecified atom stereocenters. The highest BCUT2D eigenvalue weighted by Crippen LogP contribution is 2.67. The standard InChI is InChI=1S/C20H23F6N3O5/c21-19(22,23)32-5-10-1-12(2-10)31-6-14(30)27-18-7-17(8-18,9-18)16-29-28-15(33-16)11-3-13(4-11)34-20(24,25)26/h10-13H,1-9H2,(H,27,30)/t10?,11-,12?,13+,17?,18?. The number of aromatic nitrogens is 2. The molecule has 5 aliphatic rings. The van der Waals surface area contributed by atoms with Gasteiger partial charge in [-0.1, -0.05) is 0 Å². The maximum absolute atomic E-state index is 12.2. The third-order valence-electron chi connectivity index (χ3n) is 7.20. The molecule has 1 aromatic heterocycles. The van der Waals surface area contributed by atoms with Gasteiger partial charge in [-0.05, 0) is 50.9 Å². The molecule has 0 aliphatic heterocycles. The summed E-state index contributed by atoms with van der Waals surface area (Å²) < 4.78 is 91.8. The van der Waals surface area contributed by atoms with Crippen molar-refractivity contribution in [2.75, 3.05) is 13.2 Å². The van der Waals surface area contributed by atoms with Gasteiger partial charge in [0.2, 0.25) is 17.7 Å². The van der Waals surface area contributed by atoms with Gasteiger partial charge in [0, 0.05) is 11.5 Å². The van der Waals surface area contributed by atoms with Crippen LogP contribution in [0.2, 0.25) is 0 Å². The number of hydrogen-bond acceptors (Lipinski definition) is 7. The van der Waals surface area contributed by atoms with E-state index in [2.05, 4.69) is 25.0 Å². The maximum Gasteiger partial charge on any atom is 0.522 e. The minimum Gasteiger partial charge on any atom is -0.424 e. The van der Waals surface area contributed by atoms with Gasteiger partial charge in [0.1, 0.15) is 6.61 Å². The molecule has 5 fully saturated rings. The summed E-state index contributed by atoms with van der Waals surface area (Å²) in [5.74, 6) is -0.0173. The lowest BCUT2D eigenvalue weighted by Crippen LogP contribution is -2.77. The van der Waals surface area contributed by atoms with Gasteiger partial charge in [-0.25, -0.2) is 0 Å². The molecule has 2 bridgehead atoms. The highest BCUT2D eigenvalue weighted by molar-refractivity contribution is 5.79. The van der Waals surface area contributed by atoms with Gasteiger partial charge >= 0.3 is 12.7 Å². The van der Waals surface area contributed by atoms with Crippen LogP contribution in [-0.4, -0.2) is 59.8 Å². The smallest absolute Gasteiger partial charge is 0.424 e. The summed E-state index contributed by atoms with van der Waals surface area (Å²) in [5.41, 5.74) is -0.676. The summed E-state index contributed by atoms with van der Waals surface area (Å²) in [6.07, 6.45) is -7.39. The molecule has 5 aliphatic carbocycles. The summed E-state index contributed by atoms with van der Waals surface area (Å²) in [7, 11) is 0. The molecule has 1 heterocycles. The number of ether oxygens (including phenoxy) is 3. The van der Waals surface area contributed by atoms with Crippen molar-refractivity contribution in [3.05, 3.63) is 11.8 Å². The summed E-state index contributed by atoms with van der Waals surface area (Å²) in [5, 5.41) is 11.0. The number of hydrogen-bond donors (Lipinski definition) is 1.